The molecule has 1 aliphatic rings. The van der Waals surface area contributed by atoms with Gasteiger partial charge in [-0.1, -0.05) is 0 Å². The maximum atomic E-state index is 13.4. The molecule has 4 heterocycles. The molecule has 2 N–H and O–H groups in total. The zero-order valence-electron chi connectivity index (χ0n) is 17.8. The molecule has 1 amide bonds. The summed E-state index contributed by atoms with van der Waals surface area (Å²) in [5.74, 6) is -2.85. The minimum atomic E-state index is -2.90. The number of hydrogen-bond acceptors (Lipinski definition) is 5. The Hall–Kier alpha value is -3.73. The molecule has 170 valence electrons. The minimum Gasteiger partial charge on any atom is -0.330 e. The number of halogens is 3. The first-order chi connectivity index (χ1) is 15.7. The molecule has 0 bridgehead atoms. The van der Waals surface area contributed by atoms with Crippen molar-refractivity contribution in [1.29, 1.82) is 0 Å². The first-order valence-electron chi connectivity index (χ1n) is 10.3. The van der Waals surface area contributed by atoms with Crippen LogP contribution in [-0.2, 0) is 11.8 Å². The average molecular weight is 455 g/mol. The fourth-order valence-corrected chi connectivity index (χ4v) is 3.90. The van der Waals surface area contributed by atoms with E-state index >= 15 is 0 Å². The van der Waals surface area contributed by atoms with Gasteiger partial charge in [-0.05, 0) is 43.3 Å². The van der Waals surface area contributed by atoms with Crippen LogP contribution >= 0.6 is 0 Å². The number of alkyl halides is 2. The molecular formula is C22H20F3N7O. The van der Waals surface area contributed by atoms with Crippen molar-refractivity contribution in [3.05, 3.63) is 54.2 Å². The molecule has 1 atom stereocenters. The second-order valence-electron chi connectivity index (χ2n) is 8.05. The van der Waals surface area contributed by atoms with Gasteiger partial charge < -0.3 is 9.88 Å². The lowest BCUT2D eigenvalue weighted by atomic mass is 10.1. The van der Waals surface area contributed by atoms with Crippen LogP contribution in [0.4, 0.5) is 19.0 Å². The zero-order chi connectivity index (χ0) is 23.3. The van der Waals surface area contributed by atoms with Gasteiger partial charge in [0.15, 0.2) is 11.5 Å². The van der Waals surface area contributed by atoms with E-state index in [1.165, 1.54) is 22.8 Å². The molecule has 1 saturated heterocycles. The number of benzene rings is 1. The van der Waals surface area contributed by atoms with Crippen LogP contribution in [0.5, 0.6) is 0 Å². The number of aryl methyl sites for hydroxylation is 1. The van der Waals surface area contributed by atoms with Crippen LogP contribution in [0.2, 0.25) is 0 Å². The third-order valence-corrected chi connectivity index (χ3v) is 5.68. The molecule has 4 aromatic rings. The van der Waals surface area contributed by atoms with Gasteiger partial charge in [0.2, 0.25) is 5.91 Å². The maximum absolute atomic E-state index is 13.4. The Kier molecular flexibility index (Phi) is 4.93. The lowest BCUT2D eigenvalue weighted by Crippen LogP contribution is -2.35. The van der Waals surface area contributed by atoms with Gasteiger partial charge in [0.1, 0.15) is 17.3 Å². The molecule has 0 radical (unpaired) electrons. The van der Waals surface area contributed by atoms with Crippen molar-refractivity contribution >= 4 is 17.4 Å². The number of fused-ring (bicyclic) bond motifs is 1. The van der Waals surface area contributed by atoms with Crippen LogP contribution in [0.25, 0.3) is 28.3 Å². The van der Waals surface area contributed by atoms with Crippen LogP contribution in [0.15, 0.2) is 42.6 Å². The highest BCUT2D eigenvalue weighted by atomic mass is 19.3. The molecule has 0 aliphatic carbocycles. The van der Waals surface area contributed by atoms with Crippen molar-refractivity contribution in [2.45, 2.75) is 25.3 Å². The summed E-state index contributed by atoms with van der Waals surface area (Å²) in [6.45, 7) is 1.34. The molecule has 1 unspecified atom stereocenters. The monoisotopic (exact) mass is 455 g/mol. The molecule has 0 saturated carbocycles. The van der Waals surface area contributed by atoms with Gasteiger partial charge in [-0.25, -0.2) is 27.7 Å². The molecule has 33 heavy (non-hydrogen) atoms. The Morgan fingerprint density at radius 2 is 1.94 bits per heavy atom. The molecule has 0 spiro atoms. The van der Waals surface area contributed by atoms with Crippen LogP contribution in [0, 0.1) is 12.7 Å². The van der Waals surface area contributed by atoms with Crippen molar-refractivity contribution in [1.82, 2.24) is 29.5 Å². The quantitative estimate of drug-likeness (QED) is 0.494. The largest absolute Gasteiger partial charge is 0.330 e. The van der Waals surface area contributed by atoms with Gasteiger partial charge in [0.25, 0.3) is 5.92 Å². The van der Waals surface area contributed by atoms with Gasteiger partial charge in [0.05, 0.1) is 30.2 Å². The Bertz CT molecular complexity index is 1360. The van der Waals surface area contributed by atoms with Crippen LogP contribution in [-0.4, -0.2) is 48.6 Å². The number of aromatic nitrogens is 5. The first-order valence-corrected chi connectivity index (χ1v) is 10.3. The van der Waals surface area contributed by atoms with Gasteiger partial charge >= 0.3 is 0 Å². The third kappa shape index (κ3) is 3.95. The van der Waals surface area contributed by atoms with E-state index in [9.17, 15) is 18.0 Å². The lowest BCUT2D eigenvalue weighted by Gasteiger charge is -2.09. The fraction of sp³-hybridized carbons (Fsp3) is 0.273. The molecule has 1 aliphatic heterocycles. The maximum Gasteiger partial charge on any atom is 0.262 e. The van der Waals surface area contributed by atoms with Crippen LogP contribution < -0.4 is 10.6 Å². The van der Waals surface area contributed by atoms with E-state index in [0.717, 1.165) is 17.1 Å². The van der Waals surface area contributed by atoms with E-state index in [4.69, 9.17) is 0 Å². The topological polar surface area (TPSA) is 89.1 Å². The van der Waals surface area contributed by atoms with Crippen molar-refractivity contribution in [2.24, 2.45) is 7.05 Å². The van der Waals surface area contributed by atoms with E-state index in [-0.39, 0.29) is 11.6 Å². The summed E-state index contributed by atoms with van der Waals surface area (Å²) in [4.78, 5) is 21.2. The number of imidazole rings is 2. The number of amides is 1. The number of nitrogens with zero attached hydrogens (tertiary/aromatic N) is 5. The fourth-order valence-electron chi connectivity index (χ4n) is 3.90. The van der Waals surface area contributed by atoms with Crippen LogP contribution in [0.3, 0.4) is 0 Å². The highest BCUT2D eigenvalue weighted by molar-refractivity contribution is 5.94. The summed E-state index contributed by atoms with van der Waals surface area (Å²) in [6.07, 6.45) is 0.964. The van der Waals surface area contributed by atoms with Gasteiger partial charge in [-0.15, -0.1) is 0 Å². The molecule has 1 fully saturated rings. The lowest BCUT2D eigenvalue weighted by molar-refractivity contribution is -0.118. The van der Waals surface area contributed by atoms with E-state index in [2.05, 4.69) is 25.7 Å². The Labute approximate surface area is 186 Å². The van der Waals surface area contributed by atoms with Crippen molar-refractivity contribution in [2.75, 3.05) is 11.9 Å². The molecule has 8 nitrogen and oxygen atoms in total. The van der Waals surface area contributed by atoms with E-state index in [1.54, 1.807) is 24.3 Å². The minimum absolute atomic E-state index is 0.210. The number of carbonyl (C=O) groups is 1. The second kappa shape index (κ2) is 7.69. The van der Waals surface area contributed by atoms with Gasteiger partial charge in [-0.2, -0.15) is 5.10 Å². The summed E-state index contributed by atoms with van der Waals surface area (Å²) in [7, 11) is 1.86. The van der Waals surface area contributed by atoms with Gasteiger partial charge in [0, 0.05) is 19.0 Å². The average Bonchev–Trinajstić information content (AvgIpc) is 3.43. The van der Waals surface area contributed by atoms with E-state index < -0.39 is 30.8 Å². The molecule has 3 aromatic heterocycles. The van der Waals surface area contributed by atoms with Gasteiger partial charge in [-0.3, -0.25) is 10.1 Å². The second-order valence-corrected chi connectivity index (χ2v) is 8.05. The summed E-state index contributed by atoms with van der Waals surface area (Å²) < 4.78 is 43.5. The van der Waals surface area contributed by atoms with Crippen molar-refractivity contribution in [3.63, 3.8) is 0 Å². The molecule has 11 heteroatoms. The molecule has 1 aromatic carbocycles. The molecular weight excluding hydrogens is 435 g/mol. The Morgan fingerprint density at radius 3 is 2.64 bits per heavy atom. The standard InChI is InChI=1S/C22H20F3N7O/c1-12-27-19(13-3-5-14(23)6-4-13)20(31(12)2)15-7-8-18-28-17(10-32(18)30-15)29-21(33)16-9-22(24,25)11-26-16/h3-8,10,16,26H,9,11H2,1-2H3,(H,29,33). The predicted molar refractivity (Wildman–Crippen MR) is 115 cm³/mol. The van der Waals surface area contributed by atoms with E-state index in [0.29, 0.717) is 17.0 Å². The number of carbonyl (C=O) groups excluding carboxylic acids is 1. The van der Waals surface area contributed by atoms with E-state index in [1.807, 2.05) is 18.5 Å². The van der Waals surface area contributed by atoms with Crippen LogP contribution in [0.1, 0.15) is 12.2 Å². The summed E-state index contributed by atoms with van der Waals surface area (Å²) in [5, 5.41) is 9.69. The Balaban J connectivity index is 1.46. The number of anilines is 1. The number of hydrogen-bond donors (Lipinski definition) is 2. The zero-order valence-corrected chi connectivity index (χ0v) is 17.8. The number of nitrogens with one attached hydrogen (secondary N) is 2. The van der Waals surface area contributed by atoms with Crippen molar-refractivity contribution in [3.8, 4) is 22.6 Å². The normalized spacial score (nSPS) is 17.5. The summed E-state index contributed by atoms with van der Waals surface area (Å²) >= 11 is 0. The summed E-state index contributed by atoms with van der Waals surface area (Å²) in [5.41, 5.74) is 3.20. The third-order valence-electron chi connectivity index (χ3n) is 5.68. The first kappa shape index (κ1) is 21.1. The summed E-state index contributed by atoms with van der Waals surface area (Å²) in [6, 6.07) is 8.59. The smallest absolute Gasteiger partial charge is 0.262 e. The number of rotatable bonds is 4. The highest BCUT2D eigenvalue weighted by Crippen LogP contribution is 2.31. The molecule has 5 rings (SSSR count). The van der Waals surface area contributed by atoms with Crippen molar-refractivity contribution < 1.29 is 18.0 Å². The predicted octanol–water partition coefficient (Wildman–Crippen LogP) is 3.18. The highest BCUT2D eigenvalue weighted by Gasteiger charge is 2.42. The Morgan fingerprint density at radius 1 is 1.18 bits per heavy atom. The SMILES string of the molecule is Cc1nc(-c2ccc(F)cc2)c(-c2ccc3nc(NC(=O)C4CC(F)(F)CN4)cn3n2)n1C.